The van der Waals surface area contributed by atoms with Crippen LogP contribution in [0.3, 0.4) is 0 Å². The SMILES string of the molecule is CC1OCCN(S(=O)(=O)Cc2ccc(F)cc2)C1C. The maximum Gasteiger partial charge on any atom is 0.218 e. The fraction of sp³-hybridized carbons (Fsp3) is 0.538. The van der Waals surface area contributed by atoms with Crippen LogP contribution < -0.4 is 0 Å². The lowest BCUT2D eigenvalue weighted by molar-refractivity contribution is -0.0232. The lowest BCUT2D eigenvalue weighted by atomic mass is 10.2. The van der Waals surface area contributed by atoms with Crippen molar-refractivity contribution in [2.75, 3.05) is 13.2 Å². The summed E-state index contributed by atoms with van der Waals surface area (Å²) in [6.07, 6.45) is -0.114. The van der Waals surface area contributed by atoms with Gasteiger partial charge in [-0.1, -0.05) is 12.1 Å². The van der Waals surface area contributed by atoms with Crippen LogP contribution in [-0.4, -0.2) is 38.0 Å². The molecule has 106 valence electrons. The van der Waals surface area contributed by atoms with E-state index < -0.39 is 10.0 Å². The summed E-state index contributed by atoms with van der Waals surface area (Å²) in [4.78, 5) is 0. The molecule has 1 aliphatic rings. The molecule has 1 saturated heterocycles. The fourth-order valence-corrected chi connectivity index (χ4v) is 3.98. The summed E-state index contributed by atoms with van der Waals surface area (Å²) in [5.74, 6) is -0.473. The van der Waals surface area contributed by atoms with E-state index in [1.54, 1.807) is 0 Å². The molecule has 2 unspecified atom stereocenters. The minimum Gasteiger partial charge on any atom is -0.375 e. The highest BCUT2D eigenvalue weighted by Crippen LogP contribution is 2.20. The predicted octanol–water partition coefficient (Wildman–Crippen LogP) is 1.76. The summed E-state index contributed by atoms with van der Waals surface area (Å²) in [7, 11) is -3.40. The maximum absolute atomic E-state index is 12.8. The van der Waals surface area contributed by atoms with Gasteiger partial charge >= 0.3 is 0 Å². The first-order valence-electron chi connectivity index (χ1n) is 6.26. The molecule has 1 aliphatic heterocycles. The van der Waals surface area contributed by atoms with Crippen molar-refractivity contribution in [3.63, 3.8) is 0 Å². The highest BCUT2D eigenvalue weighted by atomic mass is 32.2. The van der Waals surface area contributed by atoms with Gasteiger partial charge in [-0.05, 0) is 31.5 Å². The van der Waals surface area contributed by atoms with E-state index in [1.807, 2.05) is 13.8 Å². The van der Waals surface area contributed by atoms with E-state index in [-0.39, 0.29) is 23.7 Å². The zero-order valence-corrected chi connectivity index (χ0v) is 11.9. The number of morpholine rings is 1. The van der Waals surface area contributed by atoms with Gasteiger partial charge in [-0.2, -0.15) is 4.31 Å². The monoisotopic (exact) mass is 287 g/mol. The van der Waals surface area contributed by atoms with Crippen LogP contribution >= 0.6 is 0 Å². The van der Waals surface area contributed by atoms with Crippen molar-refractivity contribution >= 4 is 10.0 Å². The first-order valence-corrected chi connectivity index (χ1v) is 7.86. The molecule has 6 heteroatoms. The number of ether oxygens (including phenoxy) is 1. The van der Waals surface area contributed by atoms with Gasteiger partial charge in [-0.3, -0.25) is 0 Å². The number of halogens is 1. The Morgan fingerprint density at radius 2 is 1.95 bits per heavy atom. The Bertz CT molecular complexity index is 529. The van der Waals surface area contributed by atoms with Crippen molar-refractivity contribution in [1.29, 1.82) is 0 Å². The van der Waals surface area contributed by atoms with Gasteiger partial charge in [-0.25, -0.2) is 12.8 Å². The summed E-state index contributed by atoms with van der Waals surface area (Å²) >= 11 is 0. The van der Waals surface area contributed by atoms with Crippen molar-refractivity contribution in [3.05, 3.63) is 35.6 Å². The molecule has 0 aliphatic carbocycles. The molecule has 0 bridgehead atoms. The van der Waals surface area contributed by atoms with Crippen molar-refractivity contribution in [1.82, 2.24) is 4.31 Å². The fourth-order valence-electron chi connectivity index (χ4n) is 2.17. The molecule has 0 spiro atoms. The van der Waals surface area contributed by atoms with Crippen LogP contribution in [0.4, 0.5) is 4.39 Å². The Morgan fingerprint density at radius 1 is 1.32 bits per heavy atom. The van der Waals surface area contributed by atoms with Gasteiger partial charge in [0.15, 0.2) is 0 Å². The second kappa shape index (κ2) is 5.56. The summed E-state index contributed by atoms with van der Waals surface area (Å²) < 4.78 is 44.5. The lowest BCUT2D eigenvalue weighted by Crippen LogP contribution is -2.51. The number of nitrogens with zero attached hydrogens (tertiary/aromatic N) is 1. The molecule has 0 radical (unpaired) electrons. The highest BCUT2D eigenvalue weighted by molar-refractivity contribution is 7.88. The highest BCUT2D eigenvalue weighted by Gasteiger charge is 2.34. The second-order valence-corrected chi connectivity index (χ2v) is 6.73. The molecular formula is C13H18FNO3S. The predicted molar refractivity (Wildman–Crippen MR) is 70.6 cm³/mol. The molecule has 4 nitrogen and oxygen atoms in total. The van der Waals surface area contributed by atoms with E-state index in [1.165, 1.54) is 28.6 Å². The molecule has 0 N–H and O–H groups in total. The standard InChI is InChI=1S/C13H18FNO3S/c1-10-11(2)18-8-7-15(10)19(16,17)9-12-3-5-13(14)6-4-12/h3-6,10-11H,7-9H2,1-2H3. The van der Waals surface area contributed by atoms with E-state index in [4.69, 9.17) is 4.74 Å². The van der Waals surface area contributed by atoms with Gasteiger partial charge in [0.05, 0.1) is 18.5 Å². The molecule has 0 amide bonds. The lowest BCUT2D eigenvalue weighted by Gasteiger charge is -2.36. The summed E-state index contributed by atoms with van der Waals surface area (Å²) in [5.41, 5.74) is 0.591. The number of rotatable bonds is 3. The van der Waals surface area contributed by atoms with Crippen molar-refractivity contribution < 1.29 is 17.5 Å². The van der Waals surface area contributed by atoms with Crippen LogP contribution in [0.15, 0.2) is 24.3 Å². The zero-order chi connectivity index (χ0) is 14.0. The molecule has 2 rings (SSSR count). The second-order valence-electron chi connectivity index (χ2n) is 4.81. The molecule has 1 heterocycles. The van der Waals surface area contributed by atoms with Crippen LogP contribution in [0.2, 0.25) is 0 Å². The molecule has 19 heavy (non-hydrogen) atoms. The number of benzene rings is 1. The third-order valence-corrected chi connectivity index (χ3v) is 5.37. The normalized spacial score (nSPS) is 25.4. The van der Waals surface area contributed by atoms with E-state index in [0.29, 0.717) is 18.7 Å². The number of sulfonamides is 1. The number of hydrogen-bond acceptors (Lipinski definition) is 3. The quantitative estimate of drug-likeness (QED) is 0.851. The van der Waals surface area contributed by atoms with E-state index in [9.17, 15) is 12.8 Å². The average molecular weight is 287 g/mol. The Hall–Kier alpha value is -0.980. The van der Waals surface area contributed by atoms with Gasteiger partial charge in [0.2, 0.25) is 10.0 Å². The molecular weight excluding hydrogens is 269 g/mol. The van der Waals surface area contributed by atoms with Crippen LogP contribution in [0.1, 0.15) is 19.4 Å². The molecule has 1 aromatic carbocycles. The van der Waals surface area contributed by atoms with Crippen LogP contribution in [0, 0.1) is 5.82 Å². The smallest absolute Gasteiger partial charge is 0.218 e. The van der Waals surface area contributed by atoms with E-state index >= 15 is 0 Å². The van der Waals surface area contributed by atoms with Crippen LogP contribution in [0.25, 0.3) is 0 Å². The van der Waals surface area contributed by atoms with Crippen LogP contribution in [-0.2, 0) is 20.5 Å². The number of hydrogen-bond donors (Lipinski definition) is 0. The third kappa shape index (κ3) is 3.32. The topological polar surface area (TPSA) is 46.6 Å². The Morgan fingerprint density at radius 3 is 2.58 bits per heavy atom. The van der Waals surface area contributed by atoms with Gasteiger partial charge in [-0.15, -0.1) is 0 Å². The average Bonchev–Trinajstić information content (AvgIpc) is 2.35. The van der Waals surface area contributed by atoms with Gasteiger partial charge in [0.1, 0.15) is 5.82 Å². The van der Waals surface area contributed by atoms with Crippen molar-refractivity contribution in [2.45, 2.75) is 31.7 Å². The van der Waals surface area contributed by atoms with Gasteiger partial charge in [0.25, 0.3) is 0 Å². The minimum absolute atomic E-state index is 0.107. The minimum atomic E-state index is -3.40. The molecule has 2 atom stereocenters. The van der Waals surface area contributed by atoms with Crippen molar-refractivity contribution in [3.8, 4) is 0 Å². The molecule has 1 fully saturated rings. The summed E-state index contributed by atoms with van der Waals surface area (Å²) in [5, 5.41) is 0. The maximum atomic E-state index is 12.8. The summed E-state index contributed by atoms with van der Waals surface area (Å²) in [6, 6.07) is 5.37. The molecule has 0 aromatic heterocycles. The van der Waals surface area contributed by atoms with Crippen molar-refractivity contribution in [2.24, 2.45) is 0 Å². The Kier molecular flexibility index (Phi) is 4.23. The first kappa shape index (κ1) is 14.4. The Labute approximate surface area is 113 Å². The third-order valence-electron chi connectivity index (χ3n) is 3.45. The van der Waals surface area contributed by atoms with E-state index in [0.717, 1.165) is 0 Å². The van der Waals surface area contributed by atoms with Gasteiger partial charge in [0, 0.05) is 12.6 Å². The van der Waals surface area contributed by atoms with Crippen LogP contribution in [0.5, 0.6) is 0 Å². The summed E-state index contributed by atoms with van der Waals surface area (Å²) in [6.45, 7) is 4.49. The molecule has 1 aromatic rings. The zero-order valence-electron chi connectivity index (χ0n) is 11.0. The Balaban J connectivity index is 2.15. The van der Waals surface area contributed by atoms with Gasteiger partial charge < -0.3 is 4.74 Å². The van der Waals surface area contributed by atoms with E-state index in [2.05, 4.69) is 0 Å². The largest absolute Gasteiger partial charge is 0.375 e. The first-order chi connectivity index (χ1) is 8.90. The molecule has 0 saturated carbocycles.